The van der Waals surface area contributed by atoms with Gasteiger partial charge in [0.2, 0.25) is 0 Å². The zero-order valence-electron chi connectivity index (χ0n) is 14.5. The van der Waals surface area contributed by atoms with Gasteiger partial charge in [-0.25, -0.2) is 4.79 Å². The summed E-state index contributed by atoms with van der Waals surface area (Å²) in [5.74, 6) is 0. The number of nitrogens with zero attached hydrogens (tertiary/aromatic N) is 2. The second kappa shape index (κ2) is 5.98. The zero-order chi connectivity index (χ0) is 17.5. The first-order valence-corrected chi connectivity index (χ1v) is 8.04. The number of amides is 1. The van der Waals surface area contributed by atoms with E-state index in [1.807, 2.05) is 17.7 Å². The maximum Gasteiger partial charge on any atom is 0.412 e. The predicted molar refractivity (Wildman–Crippen MR) is 91.5 cm³/mol. The number of hydrogen-bond acceptors (Lipinski definition) is 4. The van der Waals surface area contributed by atoms with E-state index < -0.39 is 11.7 Å². The molecule has 0 spiro atoms. The summed E-state index contributed by atoms with van der Waals surface area (Å²) in [6.45, 7) is 6.58. The minimum atomic E-state index is -0.601. The third-order valence-electron chi connectivity index (χ3n) is 4.00. The van der Waals surface area contributed by atoms with E-state index in [9.17, 15) is 9.59 Å². The zero-order valence-corrected chi connectivity index (χ0v) is 14.5. The molecule has 1 aliphatic heterocycles. The molecule has 0 aliphatic carbocycles. The van der Waals surface area contributed by atoms with Gasteiger partial charge in [0.05, 0.1) is 29.2 Å². The highest BCUT2D eigenvalue weighted by atomic mass is 16.6. The molecule has 2 aromatic heterocycles. The Kier molecular flexibility index (Phi) is 4.13. The molecule has 1 saturated heterocycles. The normalized spacial score (nSPS) is 18.1. The van der Waals surface area contributed by atoms with Gasteiger partial charge in [-0.05, 0) is 33.3 Å². The third kappa shape index (κ3) is 3.17. The SMILES string of the molecule is Cn1cc(NC(=O)OC(C)(C)C)c2c(=O)n([C@H]3CCOC3)ccc21. The quantitative estimate of drug-likeness (QED) is 0.917. The molecule has 3 rings (SSSR count). The van der Waals surface area contributed by atoms with Crippen LogP contribution in [-0.2, 0) is 16.5 Å². The van der Waals surface area contributed by atoms with Gasteiger partial charge in [0, 0.05) is 26.0 Å². The Hall–Kier alpha value is -2.28. The number of anilines is 1. The Morgan fingerprint density at radius 2 is 2.17 bits per heavy atom. The van der Waals surface area contributed by atoms with Crippen molar-refractivity contribution in [1.29, 1.82) is 0 Å². The fourth-order valence-electron chi connectivity index (χ4n) is 2.95. The van der Waals surface area contributed by atoms with Gasteiger partial charge in [-0.15, -0.1) is 0 Å². The number of aryl methyl sites for hydroxylation is 1. The molecular formula is C17H23N3O4. The van der Waals surface area contributed by atoms with Crippen LogP contribution in [-0.4, -0.2) is 34.0 Å². The lowest BCUT2D eigenvalue weighted by Crippen LogP contribution is -2.28. The lowest BCUT2D eigenvalue weighted by Gasteiger charge is -2.19. The van der Waals surface area contributed by atoms with E-state index in [-0.39, 0.29) is 11.6 Å². The van der Waals surface area contributed by atoms with Gasteiger partial charge in [-0.1, -0.05) is 0 Å². The number of pyridine rings is 1. The second-order valence-corrected chi connectivity index (χ2v) is 7.09. The molecule has 0 bridgehead atoms. The van der Waals surface area contributed by atoms with Crippen LogP contribution in [0.5, 0.6) is 0 Å². The molecule has 1 aliphatic rings. The van der Waals surface area contributed by atoms with E-state index in [0.717, 1.165) is 11.9 Å². The van der Waals surface area contributed by atoms with E-state index >= 15 is 0 Å². The standard InChI is InChI=1S/C17H23N3O4/c1-17(2,3)24-16(22)18-12-9-19(4)13-5-7-20(15(21)14(12)13)11-6-8-23-10-11/h5,7,9,11H,6,8,10H2,1-4H3,(H,18,22)/t11-/m0/s1. The highest BCUT2D eigenvalue weighted by Gasteiger charge is 2.23. The first-order chi connectivity index (χ1) is 11.3. The Bertz CT molecular complexity index is 823. The predicted octanol–water partition coefficient (Wildman–Crippen LogP) is 2.65. The van der Waals surface area contributed by atoms with Gasteiger partial charge in [-0.2, -0.15) is 0 Å². The summed E-state index contributed by atoms with van der Waals surface area (Å²) in [5, 5.41) is 3.18. The average molecular weight is 333 g/mol. The Balaban J connectivity index is 2.00. The number of ether oxygens (including phenoxy) is 2. The average Bonchev–Trinajstić information content (AvgIpc) is 3.06. The largest absolute Gasteiger partial charge is 0.444 e. The first kappa shape index (κ1) is 16.6. The van der Waals surface area contributed by atoms with E-state index in [2.05, 4.69) is 5.32 Å². The third-order valence-corrected chi connectivity index (χ3v) is 4.00. The molecule has 7 nitrogen and oxygen atoms in total. The van der Waals surface area contributed by atoms with E-state index in [4.69, 9.17) is 9.47 Å². The highest BCUT2D eigenvalue weighted by Crippen LogP contribution is 2.25. The molecule has 3 heterocycles. The van der Waals surface area contributed by atoms with Crippen LogP contribution in [0.15, 0.2) is 23.3 Å². The first-order valence-electron chi connectivity index (χ1n) is 8.04. The number of aromatic nitrogens is 2. The molecule has 130 valence electrons. The maximum absolute atomic E-state index is 12.9. The molecule has 1 amide bonds. The molecule has 1 N–H and O–H groups in total. The molecule has 2 aromatic rings. The lowest BCUT2D eigenvalue weighted by molar-refractivity contribution is 0.0636. The highest BCUT2D eigenvalue weighted by molar-refractivity contribution is 5.99. The molecule has 7 heteroatoms. The van der Waals surface area contributed by atoms with Crippen LogP contribution in [0.4, 0.5) is 10.5 Å². The molecular weight excluding hydrogens is 310 g/mol. The van der Waals surface area contributed by atoms with Crippen molar-refractivity contribution < 1.29 is 14.3 Å². The van der Waals surface area contributed by atoms with Gasteiger partial charge >= 0.3 is 6.09 Å². The van der Waals surface area contributed by atoms with Crippen molar-refractivity contribution in [2.75, 3.05) is 18.5 Å². The van der Waals surface area contributed by atoms with Crippen molar-refractivity contribution in [3.8, 4) is 0 Å². The number of fused-ring (bicyclic) bond motifs is 1. The Labute approximate surface area is 140 Å². The summed E-state index contributed by atoms with van der Waals surface area (Å²) >= 11 is 0. The van der Waals surface area contributed by atoms with Crippen LogP contribution in [0.25, 0.3) is 10.9 Å². The van der Waals surface area contributed by atoms with Crippen molar-refractivity contribution in [1.82, 2.24) is 9.13 Å². The van der Waals surface area contributed by atoms with E-state index in [1.165, 1.54) is 0 Å². The minimum absolute atomic E-state index is 0.0384. The van der Waals surface area contributed by atoms with Crippen LogP contribution in [0.2, 0.25) is 0 Å². The summed E-state index contributed by atoms with van der Waals surface area (Å²) in [6, 6.07) is 1.92. The van der Waals surface area contributed by atoms with Crippen molar-refractivity contribution in [2.45, 2.75) is 38.8 Å². The number of rotatable bonds is 2. The number of nitrogens with one attached hydrogen (secondary N) is 1. The number of carbonyl (C=O) groups is 1. The van der Waals surface area contributed by atoms with Gasteiger partial charge < -0.3 is 18.6 Å². The minimum Gasteiger partial charge on any atom is -0.444 e. The van der Waals surface area contributed by atoms with Gasteiger partial charge in [0.25, 0.3) is 5.56 Å². The summed E-state index contributed by atoms with van der Waals surface area (Å²) in [4.78, 5) is 25.0. The Morgan fingerprint density at radius 3 is 2.79 bits per heavy atom. The smallest absolute Gasteiger partial charge is 0.412 e. The monoisotopic (exact) mass is 333 g/mol. The lowest BCUT2D eigenvalue weighted by atomic mass is 10.2. The van der Waals surface area contributed by atoms with Crippen LogP contribution in [0.3, 0.4) is 0 Å². The molecule has 0 radical (unpaired) electrons. The fraction of sp³-hybridized carbons (Fsp3) is 0.529. The molecule has 1 fully saturated rings. The second-order valence-electron chi connectivity index (χ2n) is 7.09. The summed E-state index contributed by atoms with van der Waals surface area (Å²) in [6.07, 6.45) is 3.76. The van der Waals surface area contributed by atoms with Gasteiger partial charge in [0.15, 0.2) is 0 Å². The van der Waals surface area contributed by atoms with Crippen LogP contribution in [0.1, 0.15) is 33.2 Å². The molecule has 0 aromatic carbocycles. The van der Waals surface area contributed by atoms with Crippen molar-refractivity contribution >= 4 is 22.7 Å². The molecule has 1 atom stereocenters. The molecule has 0 saturated carbocycles. The van der Waals surface area contributed by atoms with E-state index in [0.29, 0.717) is 24.3 Å². The van der Waals surface area contributed by atoms with Crippen LogP contribution < -0.4 is 10.9 Å². The van der Waals surface area contributed by atoms with E-state index in [1.54, 1.807) is 37.7 Å². The maximum atomic E-state index is 12.9. The fourth-order valence-corrected chi connectivity index (χ4v) is 2.95. The van der Waals surface area contributed by atoms with Crippen molar-refractivity contribution in [3.05, 3.63) is 28.8 Å². The topological polar surface area (TPSA) is 74.5 Å². The van der Waals surface area contributed by atoms with Crippen LogP contribution in [0, 0.1) is 0 Å². The summed E-state index contributed by atoms with van der Waals surface area (Å²) in [7, 11) is 1.84. The van der Waals surface area contributed by atoms with Gasteiger partial charge in [-0.3, -0.25) is 10.1 Å². The number of carbonyl (C=O) groups excluding carboxylic acids is 1. The van der Waals surface area contributed by atoms with Gasteiger partial charge in [0.1, 0.15) is 5.60 Å². The van der Waals surface area contributed by atoms with Crippen molar-refractivity contribution in [3.63, 3.8) is 0 Å². The summed E-state index contributed by atoms with van der Waals surface area (Å²) in [5.41, 5.74) is 0.492. The Morgan fingerprint density at radius 1 is 1.42 bits per heavy atom. The molecule has 24 heavy (non-hydrogen) atoms. The molecule has 0 unspecified atom stereocenters. The number of hydrogen-bond donors (Lipinski definition) is 1. The van der Waals surface area contributed by atoms with Crippen LogP contribution >= 0.6 is 0 Å². The van der Waals surface area contributed by atoms with Crippen molar-refractivity contribution in [2.24, 2.45) is 7.05 Å². The summed E-state index contributed by atoms with van der Waals surface area (Å²) < 4.78 is 14.2.